The van der Waals surface area contributed by atoms with Gasteiger partial charge in [0.15, 0.2) is 0 Å². The van der Waals surface area contributed by atoms with E-state index in [1.165, 1.54) is 16.8 Å². The van der Waals surface area contributed by atoms with Crippen LogP contribution in [0.1, 0.15) is 30.9 Å². The highest BCUT2D eigenvalue weighted by atomic mass is 15.0. The van der Waals surface area contributed by atoms with Crippen LogP contribution in [0.4, 0.5) is 0 Å². The summed E-state index contributed by atoms with van der Waals surface area (Å²) in [5, 5.41) is 0. The lowest BCUT2D eigenvalue weighted by Gasteiger charge is -2.14. The van der Waals surface area contributed by atoms with Crippen LogP contribution in [-0.4, -0.2) is 9.55 Å². The minimum Gasteiger partial charge on any atom is -0.306 e. The Kier molecular flexibility index (Phi) is 2.58. The lowest BCUT2D eigenvalue weighted by Crippen LogP contribution is -1.99. The van der Waals surface area contributed by atoms with Gasteiger partial charge in [-0.1, -0.05) is 26.0 Å². The molecule has 0 unspecified atom stereocenters. The Balaban J connectivity index is 2.54. The van der Waals surface area contributed by atoms with Crippen molar-refractivity contribution in [1.82, 2.24) is 9.55 Å². The van der Waals surface area contributed by atoms with Crippen molar-refractivity contribution in [3.8, 4) is 5.69 Å². The second-order valence-electron chi connectivity index (χ2n) is 4.12. The molecule has 0 amide bonds. The van der Waals surface area contributed by atoms with Crippen molar-refractivity contribution in [1.29, 1.82) is 0 Å². The van der Waals surface area contributed by atoms with Gasteiger partial charge in [-0.15, -0.1) is 0 Å². The molecular formula is C13H16N2. The Morgan fingerprint density at radius 1 is 1.27 bits per heavy atom. The molecule has 1 aromatic carbocycles. The molecule has 1 heterocycles. The fraction of sp³-hybridized carbons (Fsp3) is 0.308. The average molecular weight is 200 g/mol. The molecule has 0 saturated carbocycles. The third-order valence-electron chi connectivity index (χ3n) is 2.75. The van der Waals surface area contributed by atoms with E-state index in [2.05, 4.69) is 48.5 Å². The largest absolute Gasteiger partial charge is 0.306 e. The van der Waals surface area contributed by atoms with Gasteiger partial charge in [0, 0.05) is 18.1 Å². The lowest BCUT2D eigenvalue weighted by atomic mass is 9.97. The number of hydrogen-bond donors (Lipinski definition) is 0. The number of nitrogens with zero attached hydrogens (tertiary/aromatic N) is 2. The van der Waals surface area contributed by atoms with Crippen LogP contribution in [0.15, 0.2) is 36.9 Å². The van der Waals surface area contributed by atoms with Crippen molar-refractivity contribution >= 4 is 0 Å². The van der Waals surface area contributed by atoms with Gasteiger partial charge in [0.2, 0.25) is 0 Å². The Morgan fingerprint density at radius 2 is 2.07 bits per heavy atom. The van der Waals surface area contributed by atoms with Crippen molar-refractivity contribution in [2.45, 2.75) is 26.7 Å². The molecule has 2 heteroatoms. The van der Waals surface area contributed by atoms with Gasteiger partial charge < -0.3 is 4.57 Å². The van der Waals surface area contributed by atoms with Crippen LogP contribution in [0.3, 0.4) is 0 Å². The molecule has 15 heavy (non-hydrogen) atoms. The number of rotatable bonds is 2. The third-order valence-corrected chi connectivity index (χ3v) is 2.75. The summed E-state index contributed by atoms with van der Waals surface area (Å²) in [6, 6.07) is 6.43. The maximum absolute atomic E-state index is 4.08. The Labute approximate surface area is 90.6 Å². The van der Waals surface area contributed by atoms with E-state index in [1.807, 2.05) is 18.7 Å². The summed E-state index contributed by atoms with van der Waals surface area (Å²) in [4.78, 5) is 4.08. The molecule has 78 valence electrons. The highest BCUT2D eigenvalue weighted by molar-refractivity contribution is 5.46. The zero-order valence-corrected chi connectivity index (χ0v) is 9.44. The molecule has 0 N–H and O–H groups in total. The molecule has 0 radical (unpaired) electrons. The predicted molar refractivity (Wildman–Crippen MR) is 62.4 cm³/mol. The lowest BCUT2D eigenvalue weighted by molar-refractivity contribution is 0.850. The monoisotopic (exact) mass is 200 g/mol. The Bertz CT molecular complexity index is 442. The van der Waals surface area contributed by atoms with Gasteiger partial charge in [-0.3, -0.25) is 0 Å². The van der Waals surface area contributed by atoms with Gasteiger partial charge in [0.1, 0.15) is 0 Å². The van der Waals surface area contributed by atoms with Crippen LogP contribution in [0, 0.1) is 6.92 Å². The minimum atomic E-state index is 0.563. The normalized spacial score (nSPS) is 10.9. The van der Waals surface area contributed by atoms with E-state index in [0.717, 1.165) is 0 Å². The molecule has 0 bridgehead atoms. The second-order valence-corrected chi connectivity index (χ2v) is 4.12. The maximum atomic E-state index is 4.08. The Hall–Kier alpha value is -1.57. The standard InChI is InChI=1S/C13H16N2/c1-10(2)12-5-4-6-13(11(12)3)15-8-7-14-9-15/h4-10H,1-3H3. The van der Waals surface area contributed by atoms with Crippen molar-refractivity contribution in [2.75, 3.05) is 0 Å². The first-order chi connectivity index (χ1) is 7.20. The van der Waals surface area contributed by atoms with Gasteiger partial charge in [-0.2, -0.15) is 0 Å². The molecule has 2 rings (SSSR count). The summed E-state index contributed by atoms with van der Waals surface area (Å²) >= 11 is 0. The fourth-order valence-electron chi connectivity index (χ4n) is 1.95. The molecule has 0 aliphatic carbocycles. The molecule has 0 aliphatic rings. The minimum absolute atomic E-state index is 0.563. The van der Waals surface area contributed by atoms with Crippen LogP contribution in [0.5, 0.6) is 0 Å². The van der Waals surface area contributed by atoms with E-state index in [9.17, 15) is 0 Å². The summed E-state index contributed by atoms with van der Waals surface area (Å²) in [7, 11) is 0. The molecule has 2 nitrogen and oxygen atoms in total. The van der Waals surface area contributed by atoms with Crippen molar-refractivity contribution < 1.29 is 0 Å². The van der Waals surface area contributed by atoms with Gasteiger partial charge in [-0.25, -0.2) is 4.98 Å². The summed E-state index contributed by atoms with van der Waals surface area (Å²) in [6.45, 7) is 6.62. The summed E-state index contributed by atoms with van der Waals surface area (Å²) in [5.74, 6) is 0.563. The zero-order chi connectivity index (χ0) is 10.8. The van der Waals surface area contributed by atoms with Crippen LogP contribution < -0.4 is 0 Å². The number of hydrogen-bond acceptors (Lipinski definition) is 1. The summed E-state index contributed by atoms with van der Waals surface area (Å²) in [5.41, 5.74) is 3.96. The van der Waals surface area contributed by atoms with Gasteiger partial charge >= 0.3 is 0 Å². The highest BCUT2D eigenvalue weighted by Crippen LogP contribution is 2.23. The maximum Gasteiger partial charge on any atom is 0.0991 e. The molecule has 0 atom stereocenters. The first kappa shape index (κ1) is 9.97. The Morgan fingerprint density at radius 3 is 2.67 bits per heavy atom. The van der Waals surface area contributed by atoms with E-state index >= 15 is 0 Å². The number of imidazole rings is 1. The first-order valence-corrected chi connectivity index (χ1v) is 5.28. The smallest absolute Gasteiger partial charge is 0.0991 e. The van der Waals surface area contributed by atoms with E-state index in [1.54, 1.807) is 0 Å². The van der Waals surface area contributed by atoms with Crippen molar-refractivity contribution in [3.63, 3.8) is 0 Å². The van der Waals surface area contributed by atoms with E-state index < -0.39 is 0 Å². The number of benzene rings is 1. The molecule has 0 fully saturated rings. The van der Waals surface area contributed by atoms with Crippen LogP contribution >= 0.6 is 0 Å². The van der Waals surface area contributed by atoms with Crippen molar-refractivity contribution in [3.05, 3.63) is 48.0 Å². The van der Waals surface area contributed by atoms with Crippen LogP contribution in [-0.2, 0) is 0 Å². The topological polar surface area (TPSA) is 17.8 Å². The molecule has 0 saturated heterocycles. The van der Waals surface area contributed by atoms with E-state index in [0.29, 0.717) is 5.92 Å². The SMILES string of the molecule is Cc1c(C(C)C)cccc1-n1ccnc1. The van der Waals surface area contributed by atoms with E-state index in [-0.39, 0.29) is 0 Å². The molecule has 0 aliphatic heterocycles. The summed E-state index contributed by atoms with van der Waals surface area (Å²) in [6.07, 6.45) is 5.63. The molecule has 2 aromatic rings. The fourth-order valence-corrected chi connectivity index (χ4v) is 1.95. The van der Waals surface area contributed by atoms with Crippen molar-refractivity contribution in [2.24, 2.45) is 0 Å². The number of aromatic nitrogens is 2. The van der Waals surface area contributed by atoms with Crippen LogP contribution in [0.2, 0.25) is 0 Å². The first-order valence-electron chi connectivity index (χ1n) is 5.28. The molecule has 1 aromatic heterocycles. The van der Waals surface area contributed by atoms with Gasteiger partial charge in [0.25, 0.3) is 0 Å². The molecular weight excluding hydrogens is 184 g/mol. The summed E-state index contributed by atoms with van der Waals surface area (Å²) < 4.78 is 2.06. The highest BCUT2D eigenvalue weighted by Gasteiger charge is 2.07. The average Bonchev–Trinajstić information content (AvgIpc) is 2.70. The van der Waals surface area contributed by atoms with Crippen LogP contribution in [0.25, 0.3) is 5.69 Å². The predicted octanol–water partition coefficient (Wildman–Crippen LogP) is 3.30. The van der Waals surface area contributed by atoms with Gasteiger partial charge in [-0.05, 0) is 30.0 Å². The second kappa shape index (κ2) is 3.89. The van der Waals surface area contributed by atoms with E-state index in [4.69, 9.17) is 0 Å². The molecule has 0 spiro atoms. The van der Waals surface area contributed by atoms with Gasteiger partial charge in [0.05, 0.1) is 6.33 Å². The zero-order valence-electron chi connectivity index (χ0n) is 9.44. The third kappa shape index (κ3) is 1.80. The quantitative estimate of drug-likeness (QED) is 0.727.